The van der Waals surface area contributed by atoms with Gasteiger partial charge in [0.15, 0.2) is 23.9 Å². The molecule has 0 atom stereocenters. The van der Waals surface area contributed by atoms with Gasteiger partial charge in [-0.05, 0) is 29.3 Å². The summed E-state index contributed by atoms with van der Waals surface area (Å²) >= 11 is 0. The fourth-order valence-corrected chi connectivity index (χ4v) is 2.54. The highest BCUT2D eigenvalue weighted by Gasteiger charge is 2.08. The average Bonchev–Trinajstić information content (AvgIpc) is 2.74. The third kappa shape index (κ3) is 6.93. The second-order valence-corrected chi connectivity index (χ2v) is 6.03. The van der Waals surface area contributed by atoms with Gasteiger partial charge < -0.3 is 21.9 Å². The second kappa shape index (κ2) is 11.5. The SMILES string of the molecule is COc1ccc(/C=N/NC(=O)C[n+]2ccccc2)cc1OCc1ccccc1.[Cl-]. The maximum absolute atomic E-state index is 11.9. The van der Waals surface area contributed by atoms with E-state index < -0.39 is 0 Å². The highest BCUT2D eigenvalue weighted by molar-refractivity contribution is 5.83. The minimum absolute atomic E-state index is 0. The molecule has 0 saturated heterocycles. The maximum atomic E-state index is 11.9. The van der Waals surface area contributed by atoms with Crippen molar-refractivity contribution in [1.82, 2.24) is 5.43 Å². The van der Waals surface area contributed by atoms with Gasteiger partial charge in [-0.1, -0.05) is 36.4 Å². The summed E-state index contributed by atoms with van der Waals surface area (Å²) in [4.78, 5) is 11.9. The summed E-state index contributed by atoms with van der Waals surface area (Å²) in [5, 5.41) is 4.02. The van der Waals surface area contributed by atoms with Gasteiger partial charge in [0.05, 0.1) is 13.3 Å². The quantitative estimate of drug-likeness (QED) is 0.315. The lowest BCUT2D eigenvalue weighted by Gasteiger charge is -2.11. The van der Waals surface area contributed by atoms with Crippen LogP contribution < -0.4 is 31.9 Å². The summed E-state index contributed by atoms with van der Waals surface area (Å²) in [6.07, 6.45) is 5.22. The Morgan fingerprint density at radius 3 is 2.48 bits per heavy atom. The number of hydrogen-bond acceptors (Lipinski definition) is 4. The molecule has 29 heavy (non-hydrogen) atoms. The van der Waals surface area contributed by atoms with Crippen molar-refractivity contribution >= 4 is 12.1 Å². The first kappa shape index (κ1) is 21.9. The zero-order chi connectivity index (χ0) is 19.6. The molecule has 0 spiro atoms. The van der Waals surface area contributed by atoms with Crippen molar-refractivity contribution in [3.8, 4) is 11.5 Å². The summed E-state index contributed by atoms with van der Waals surface area (Å²) < 4.78 is 13.0. The molecule has 2 aromatic carbocycles. The number of halogens is 1. The van der Waals surface area contributed by atoms with Crippen LogP contribution in [0.3, 0.4) is 0 Å². The third-order valence-corrected chi connectivity index (χ3v) is 3.93. The fourth-order valence-electron chi connectivity index (χ4n) is 2.54. The number of pyridine rings is 1. The van der Waals surface area contributed by atoms with Crippen LogP contribution in [-0.4, -0.2) is 19.2 Å². The zero-order valence-electron chi connectivity index (χ0n) is 16.0. The van der Waals surface area contributed by atoms with Crippen molar-refractivity contribution in [3.05, 3.63) is 90.3 Å². The first-order valence-corrected chi connectivity index (χ1v) is 8.85. The smallest absolute Gasteiger partial charge is 0.305 e. The number of aromatic nitrogens is 1. The zero-order valence-corrected chi connectivity index (χ0v) is 16.8. The Kier molecular flexibility index (Phi) is 8.66. The van der Waals surface area contributed by atoms with Crippen LogP contribution >= 0.6 is 0 Å². The fraction of sp³-hybridized carbons (Fsp3) is 0.136. The summed E-state index contributed by atoms with van der Waals surface area (Å²) in [5.74, 6) is 1.04. The molecule has 1 aromatic heterocycles. The molecule has 0 aliphatic rings. The van der Waals surface area contributed by atoms with Crippen LogP contribution in [0.4, 0.5) is 0 Å². The molecular weight excluding hydrogens is 390 g/mol. The molecule has 0 radical (unpaired) electrons. The van der Waals surface area contributed by atoms with E-state index >= 15 is 0 Å². The first-order valence-electron chi connectivity index (χ1n) is 8.85. The van der Waals surface area contributed by atoms with Crippen molar-refractivity contribution < 1.29 is 31.2 Å². The van der Waals surface area contributed by atoms with Crippen molar-refractivity contribution in [2.24, 2.45) is 5.10 Å². The normalized spacial score (nSPS) is 10.2. The van der Waals surface area contributed by atoms with E-state index in [9.17, 15) is 4.79 Å². The molecule has 3 rings (SSSR count). The molecule has 1 heterocycles. The van der Waals surface area contributed by atoms with E-state index in [0.29, 0.717) is 18.1 Å². The van der Waals surface area contributed by atoms with Crippen LogP contribution in [0.5, 0.6) is 11.5 Å². The van der Waals surface area contributed by atoms with E-state index in [1.54, 1.807) is 17.9 Å². The lowest BCUT2D eigenvalue weighted by atomic mass is 10.2. The Labute approximate surface area is 176 Å². The number of nitrogens with one attached hydrogen (secondary N) is 1. The lowest BCUT2D eigenvalue weighted by Crippen LogP contribution is -3.00. The van der Waals surface area contributed by atoms with Crippen molar-refractivity contribution in [1.29, 1.82) is 0 Å². The number of benzene rings is 2. The number of hydrazone groups is 1. The minimum Gasteiger partial charge on any atom is -1.00 e. The van der Waals surface area contributed by atoms with Gasteiger partial charge in [-0.2, -0.15) is 9.67 Å². The van der Waals surface area contributed by atoms with E-state index in [1.807, 2.05) is 79.1 Å². The van der Waals surface area contributed by atoms with Gasteiger partial charge in [-0.25, -0.2) is 5.43 Å². The third-order valence-electron chi connectivity index (χ3n) is 3.93. The standard InChI is InChI=1S/C22H21N3O3.ClH/c1-27-20-11-10-19(14-21(20)28-17-18-8-4-2-5-9-18)15-23-24-22(26)16-25-12-6-3-7-13-25;/h2-15H,16-17H2,1H3;1H/b23-15+;. The summed E-state index contributed by atoms with van der Waals surface area (Å²) in [6.45, 7) is 0.634. The molecular formula is C22H22ClN3O3. The Balaban J connectivity index is 0.00000300. The molecule has 150 valence electrons. The van der Waals surface area contributed by atoms with E-state index in [0.717, 1.165) is 11.1 Å². The van der Waals surface area contributed by atoms with Gasteiger partial charge in [-0.15, -0.1) is 0 Å². The number of carbonyl (C=O) groups excluding carboxylic acids is 1. The van der Waals surface area contributed by atoms with E-state index in [1.165, 1.54) is 0 Å². The monoisotopic (exact) mass is 411 g/mol. The van der Waals surface area contributed by atoms with Crippen LogP contribution in [0.25, 0.3) is 0 Å². The molecule has 0 unspecified atom stereocenters. The van der Waals surface area contributed by atoms with E-state index in [4.69, 9.17) is 9.47 Å². The molecule has 7 heteroatoms. The Morgan fingerprint density at radius 2 is 1.76 bits per heavy atom. The average molecular weight is 412 g/mol. The summed E-state index contributed by atoms with van der Waals surface area (Å²) in [7, 11) is 1.60. The highest BCUT2D eigenvalue weighted by atomic mass is 35.5. The predicted molar refractivity (Wildman–Crippen MR) is 106 cm³/mol. The van der Waals surface area contributed by atoms with Gasteiger partial charge >= 0.3 is 5.91 Å². The second-order valence-electron chi connectivity index (χ2n) is 6.03. The predicted octanol–water partition coefficient (Wildman–Crippen LogP) is -0.284. The number of nitrogens with zero attached hydrogens (tertiary/aromatic N) is 2. The first-order chi connectivity index (χ1) is 13.7. The topological polar surface area (TPSA) is 63.8 Å². The molecule has 0 bridgehead atoms. The lowest BCUT2D eigenvalue weighted by molar-refractivity contribution is -0.684. The summed E-state index contributed by atoms with van der Waals surface area (Å²) in [5.41, 5.74) is 4.38. The number of hydrogen-bond donors (Lipinski definition) is 1. The number of rotatable bonds is 8. The Bertz CT molecular complexity index is 935. The van der Waals surface area contributed by atoms with Crippen molar-refractivity contribution in [2.75, 3.05) is 7.11 Å². The van der Waals surface area contributed by atoms with Crippen LogP contribution in [-0.2, 0) is 17.9 Å². The van der Waals surface area contributed by atoms with Crippen LogP contribution in [0.2, 0.25) is 0 Å². The van der Waals surface area contributed by atoms with Gasteiger partial charge in [0.25, 0.3) is 0 Å². The van der Waals surface area contributed by atoms with Crippen LogP contribution in [0.15, 0.2) is 84.2 Å². The van der Waals surface area contributed by atoms with Crippen molar-refractivity contribution in [2.45, 2.75) is 13.2 Å². The molecule has 3 aromatic rings. The van der Waals surface area contributed by atoms with Gasteiger partial charge in [0.1, 0.15) is 6.61 Å². The van der Waals surface area contributed by atoms with E-state index in [2.05, 4.69) is 10.5 Å². The number of methoxy groups -OCH3 is 1. The van der Waals surface area contributed by atoms with Crippen molar-refractivity contribution in [3.63, 3.8) is 0 Å². The molecule has 6 nitrogen and oxygen atoms in total. The highest BCUT2D eigenvalue weighted by Crippen LogP contribution is 2.28. The minimum atomic E-state index is -0.207. The largest absolute Gasteiger partial charge is 1.00 e. The maximum Gasteiger partial charge on any atom is 0.305 e. The van der Waals surface area contributed by atoms with Crippen LogP contribution in [0, 0.1) is 0 Å². The molecule has 0 fully saturated rings. The van der Waals surface area contributed by atoms with Crippen LogP contribution in [0.1, 0.15) is 11.1 Å². The summed E-state index contributed by atoms with van der Waals surface area (Å²) in [6, 6.07) is 21.0. The number of amides is 1. The molecule has 1 N–H and O–H groups in total. The van der Waals surface area contributed by atoms with Gasteiger partial charge in [0, 0.05) is 12.1 Å². The Morgan fingerprint density at radius 1 is 1.03 bits per heavy atom. The number of ether oxygens (including phenoxy) is 2. The molecule has 0 saturated carbocycles. The van der Waals surface area contributed by atoms with E-state index in [-0.39, 0.29) is 24.9 Å². The number of carbonyl (C=O) groups is 1. The molecule has 0 aliphatic carbocycles. The van der Waals surface area contributed by atoms with Gasteiger partial charge in [-0.3, -0.25) is 4.79 Å². The Hall–Kier alpha value is -3.38. The van der Waals surface area contributed by atoms with Gasteiger partial charge in [0.2, 0.25) is 6.54 Å². The molecule has 0 aliphatic heterocycles. The molecule has 1 amide bonds.